The van der Waals surface area contributed by atoms with Crippen LogP contribution in [0.5, 0.6) is 0 Å². The number of esters is 1. The minimum absolute atomic E-state index is 0.0277. The normalized spacial score (nSPS) is 10.5. The quantitative estimate of drug-likeness (QED) is 0.641. The zero-order valence-corrected chi connectivity index (χ0v) is 14.4. The van der Waals surface area contributed by atoms with E-state index < -0.39 is 5.97 Å². The highest BCUT2D eigenvalue weighted by Gasteiger charge is 2.21. The Morgan fingerprint density at radius 2 is 2.00 bits per heavy atom. The van der Waals surface area contributed by atoms with Crippen LogP contribution in [-0.2, 0) is 17.8 Å². The monoisotopic (exact) mass is 354 g/mol. The summed E-state index contributed by atoms with van der Waals surface area (Å²) in [6.45, 7) is 3.39. The van der Waals surface area contributed by atoms with E-state index in [1.54, 1.807) is 6.92 Å². The highest BCUT2D eigenvalue weighted by Crippen LogP contribution is 2.17. The Bertz CT molecular complexity index is 910. The second-order valence-corrected chi connectivity index (χ2v) is 5.41. The molecule has 0 saturated carbocycles. The molecule has 26 heavy (non-hydrogen) atoms. The molecular weight excluding hydrogens is 336 g/mol. The molecule has 134 valence electrons. The molecule has 0 aliphatic carbocycles. The Morgan fingerprint density at radius 3 is 2.73 bits per heavy atom. The van der Waals surface area contributed by atoms with E-state index in [1.807, 2.05) is 37.3 Å². The maximum absolute atomic E-state index is 12.3. The number of nitrogens with zero attached hydrogens (tertiary/aromatic N) is 4. The summed E-state index contributed by atoms with van der Waals surface area (Å²) >= 11 is 0. The zero-order chi connectivity index (χ0) is 18.5. The Balaban J connectivity index is 1.72. The fourth-order valence-corrected chi connectivity index (χ4v) is 2.33. The van der Waals surface area contributed by atoms with Crippen LogP contribution in [0.15, 0.2) is 34.9 Å². The van der Waals surface area contributed by atoms with E-state index in [1.165, 1.54) is 0 Å². The van der Waals surface area contributed by atoms with Crippen LogP contribution in [0.4, 0.5) is 17.6 Å². The molecule has 0 aliphatic heterocycles. The summed E-state index contributed by atoms with van der Waals surface area (Å²) in [6, 6.07) is 9.38. The second-order valence-electron chi connectivity index (χ2n) is 5.41. The molecule has 9 nitrogen and oxygen atoms in total. The minimum atomic E-state index is -0.544. The Morgan fingerprint density at radius 1 is 1.23 bits per heavy atom. The van der Waals surface area contributed by atoms with Crippen LogP contribution in [0, 0.1) is 6.92 Å². The predicted molar refractivity (Wildman–Crippen MR) is 93.7 cm³/mol. The molecule has 2 aromatic heterocycles. The van der Waals surface area contributed by atoms with Crippen molar-refractivity contribution in [1.29, 1.82) is 0 Å². The van der Waals surface area contributed by atoms with Crippen molar-refractivity contribution in [3.63, 3.8) is 0 Å². The molecule has 0 unspecified atom stereocenters. The van der Waals surface area contributed by atoms with Gasteiger partial charge in [0.15, 0.2) is 12.4 Å². The number of nitrogens with two attached hydrogens (primary N) is 1. The van der Waals surface area contributed by atoms with Gasteiger partial charge in [-0.15, -0.1) is 0 Å². The number of carbonyl (C=O) groups is 1. The summed E-state index contributed by atoms with van der Waals surface area (Å²) < 4.78 is 10.3. The molecule has 0 saturated heterocycles. The van der Waals surface area contributed by atoms with Crippen LogP contribution >= 0.6 is 0 Å². The Hall–Kier alpha value is -3.49. The highest BCUT2D eigenvalue weighted by atomic mass is 16.5. The SMILES string of the molecule is CCc1noc(C)c1C(=O)OCc1nc(N)nc(Nc2ccccc2)n1. The average molecular weight is 354 g/mol. The number of nitrogen functional groups attached to an aromatic ring is 1. The van der Waals surface area contributed by atoms with Gasteiger partial charge in [-0.1, -0.05) is 30.3 Å². The third-order valence-electron chi connectivity index (χ3n) is 3.53. The van der Waals surface area contributed by atoms with Gasteiger partial charge in [-0.2, -0.15) is 15.0 Å². The van der Waals surface area contributed by atoms with Crippen molar-refractivity contribution >= 4 is 23.6 Å². The maximum atomic E-state index is 12.3. The molecule has 9 heteroatoms. The molecule has 2 heterocycles. The molecule has 0 bridgehead atoms. The van der Waals surface area contributed by atoms with Gasteiger partial charge in [-0.05, 0) is 25.5 Å². The number of para-hydroxylation sites is 1. The summed E-state index contributed by atoms with van der Waals surface area (Å²) in [6.07, 6.45) is 0.561. The first-order valence-corrected chi connectivity index (χ1v) is 8.01. The molecule has 0 atom stereocenters. The Kier molecular flexibility index (Phi) is 5.07. The molecule has 3 aromatic rings. The number of carbonyl (C=O) groups excluding carboxylic acids is 1. The third kappa shape index (κ3) is 3.94. The fourth-order valence-electron chi connectivity index (χ4n) is 2.33. The van der Waals surface area contributed by atoms with E-state index in [2.05, 4.69) is 25.4 Å². The summed E-state index contributed by atoms with van der Waals surface area (Å²) in [4.78, 5) is 24.5. The number of benzene rings is 1. The van der Waals surface area contributed by atoms with Gasteiger partial charge in [0.05, 0.1) is 5.69 Å². The fraction of sp³-hybridized carbons (Fsp3) is 0.235. The van der Waals surface area contributed by atoms with E-state index >= 15 is 0 Å². The van der Waals surface area contributed by atoms with Gasteiger partial charge >= 0.3 is 5.97 Å². The standard InChI is InChI=1S/C17H18N6O3/c1-3-12-14(10(2)26-23-12)15(24)25-9-13-20-16(18)22-17(21-13)19-11-7-5-4-6-8-11/h4-8H,3,9H2,1-2H3,(H3,18,19,20,21,22). The van der Waals surface area contributed by atoms with E-state index in [0.717, 1.165) is 5.69 Å². The predicted octanol–water partition coefficient (Wildman–Crippen LogP) is 2.41. The molecule has 0 radical (unpaired) electrons. The van der Waals surface area contributed by atoms with Crippen molar-refractivity contribution < 1.29 is 14.1 Å². The van der Waals surface area contributed by atoms with Crippen molar-refractivity contribution in [2.75, 3.05) is 11.1 Å². The van der Waals surface area contributed by atoms with Crippen LogP contribution < -0.4 is 11.1 Å². The smallest absolute Gasteiger partial charge is 0.344 e. The third-order valence-corrected chi connectivity index (χ3v) is 3.53. The number of aryl methyl sites for hydroxylation is 2. The van der Waals surface area contributed by atoms with Crippen LogP contribution in [0.25, 0.3) is 0 Å². The Labute approximate surface area is 149 Å². The van der Waals surface area contributed by atoms with Gasteiger partial charge in [-0.25, -0.2) is 4.79 Å². The van der Waals surface area contributed by atoms with Crippen LogP contribution in [0.1, 0.15) is 34.6 Å². The van der Waals surface area contributed by atoms with Gasteiger partial charge in [0.25, 0.3) is 0 Å². The average Bonchev–Trinajstić information content (AvgIpc) is 3.01. The number of rotatable bonds is 6. The molecule has 0 spiro atoms. The van der Waals surface area contributed by atoms with Gasteiger partial charge in [0, 0.05) is 5.69 Å². The number of hydrogen-bond donors (Lipinski definition) is 2. The number of nitrogens with one attached hydrogen (secondary N) is 1. The van der Waals surface area contributed by atoms with E-state index in [4.69, 9.17) is 15.0 Å². The lowest BCUT2D eigenvalue weighted by Gasteiger charge is -2.08. The van der Waals surface area contributed by atoms with Gasteiger partial charge in [-0.3, -0.25) is 0 Å². The van der Waals surface area contributed by atoms with Gasteiger partial charge in [0.2, 0.25) is 11.9 Å². The summed E-state index contributed by atoms with van der Waals surface area (Å²) in [7, 11) is 0. The van der Waals surface area contributed by atoms with Gasteiger partial charge < -0.3 is 20.3 Å². The van der Waals surface area contributed by atoms with E-state index in [-0.39, 0.29) is 24.3 Å². The van der Waals surface area contributed by atoms with Crippen molar-refractivity contribution in [3.8, 4) is 0 Å². The summed E-state index contributed by atoms with van der Waals surface area (Å²) in [5.74, 6) is 0.395. The molecule has 3 N–H and O–H groups in total. The molecule has 1 aromatic carbocycles. The molecule has 0 fully saturated rings. The lowest BCUT2D eigenvalue weighted by Crippen LogP contribution is -2.12. The lowest BCUT2D eigenvalue weighted by atomic mass is 10.1. The summed E-state index contributed by atoms with van der Waals surface area (Å²) in [5.41, 5.74) is 7.40. The minimum Gasteiger partial charge on any atom is -0.454 e. The first-order valence-electron chi connectivity index (χ1n) is 8.01. The van der Waals surface area contributed by atoms with E-state index in [9.17, 15) is 4.79 Å². The first-order chi connectivity index (χ1) is 12.6. The maximum Gasteiger partial charge on any atom is 0.344 e. The van der Waals surface area contributed by atoms with Crippen LogP contribution in [0.2, 0.25) is 0 Å². The zero-order valence-electron chi connectivity index (χ0n) is 14.4. The number of aromatic nitrogens is 4. The van der Waals surface area contributed by atoms with Crippen molar-refractivity contribution in [2.45, 2.75) is 26.9 Å². The van der Waals surface area contributed by atoms with Crippen LogP contribution in [-0.4, -0.2) is 26.1 Å². The van der Waals surface area contributed by atoms with Crippen molar-refractivity contribution in [1.82, 2.24) is 20.1 Å². The van der Waals surface area contributed by atoms with Crippen molar-refractivity contribution in [2.24, 2.45) is 0 Å². The van der Waals surface area contributed by atoms with E-state index in [0.29, 0.717) is 23.4 Å². The second kappa shape index (κ2) is 7.60. The molecule has 3 rings (SSSR count). The highest BCUT2D eigenvalue weighted by molar-refractivity contribution is 5.91. The largest absolute Gasteiger partial charge is 0.454 e. The molecule has 0 aliphatic rings. The number of ether oxygens (including phenoxy) is 1. The van der Waals surface area contributed by atoms with Gasteiger partial charge in [0.1, 0.15) is 11.3 Å². The molecular formula is C17H18N6O3. The lowest BCUT2D eigenvalue weighted by molar-refractivity contribution is 0.0459. The number of hydrogen-bond acceptors (Lipinski definition) is 9. The van der Waals surface area contributed by atoms with Crippen LogP contribution in [0.3, 0.4) is 0 Å². The summed E-state index contributed by atoms with van der Waals surface area (Å²) in [5, 5.41) is 6.86. The first kappa shape index (κ1) is 17.3. The topological polar surface area (TPSA) is 129 Å². The number of anilines is 3. The molecule has 0 amide bonds. The van der Waals surface area contributed by atoms with Crippen molar-refractivity contribution in [3.05, 3.63) is 53.2 Å².